The second-order valence-electron chi connectivity index (χ2n) is 8.66. The molecule has 34 heavy (non-hydrogen) atoms. The van der Waals surface area contributed by atoms with E-state index in [2.05, 4.69) is 4.90 Å². The van der Waals surface area contributed by atoms with E-state index in [1.165, 1.54) is 4.31 Å². The molecule has 2 aliphatic heterocycles. The first-order chi connectivity index (χ1) is 16.3. The van der Waals surface area contributed by atoms with E-state index in [1.807, 2.05) is 29.2 Å². The normalized spacial score (nSPS) is 19.8. The van der Waals surface area contributed by atoms with Gasteiger partial charge in [-0.05, 0) is 49.2 Å². The van der Waals surface area contributed by atoms with Gasteiger partial charge in [-0.15, -0.1) is 0 Å². The molecule has 0 aromatic heterocycles. The van der Waals surface area contributed by atoms with Gasteiger partial charge in [-0.2, -0.15) is 0 Å². The van der Waals surface area contributed by atoms with Crippen molar-refractivity contribution in [3.05, 3.63) is 58.1 Å². The lowest BCUT2D eigenvalue weighted by Gasteiger charge is -2.39. The minimum atomic E-state index is -3.65. The first kappa shape index (κ1) is 25.1. The Labute approximate surface area is 211 Å². The van der Waals surface area contributed by atoms with Crippen molar-refractivity contribution < 1.29 is 17.9 Å². The molecule has 0 radical (unpaired) electrons. The third-order valence-corrected chi connectivity index (χ3v) is 9.02. The number of carbonyl (C=O) groups is 1. The SMILES string of the molecule is COc1ccc(N2CCN(C(=O)[C@@H]3CCCN(S(=O)(=O)Cc4c(Cl)cccc4Cl)C3)CC2)cc1. The summed E-state index contributed by atoms with van der Waals surface area (Å²) in [6.45, 7) is 3.30. The molecule has 0 bridgehead atoms. The molecule has 7 nitrogen and oxygen atoms in total. The van der Waals surface area contributed by atoms with Crippen LogP contribution in [0, 0.1) is 5.92 Å². The number of benzene rings is 2. The highest BCUT2D eigenvalue weighted by Crippen LogP contribution is 2.29. The summed E-state index contributed by atoms with van der Waals surface area (Å²) in [4.78, 5) is 17.4. The summed E-state index contributed by atoms with van der Waals surface area (Å²) in [5, 5.41) is 0.658. The van der Waals surface area contributed by atoms with Gasteiger partial charge >= 0.3 is 0 Å². The fourth-order valence-corrected chi connectivity index (χ4v) is 6.94. The average molecular weight is 526 g/mol. The fraction of sp³-hybridized carbons (Fsp3) is 0.458. The van der Waals surface area contributed by atoms with Gasteiger partial charge in [-0.3, -0.25) is 4.79 Å². The summed E-state index contributed by atoms with van der Waals surface area (Å²) in [6.07, 6.45) is 1.34. The Bertz CT molecular complexity index is 1100. The molecule has 0 saturated carbocycles. The summed E-state index contributed by atoms with van der Waals surface area (Å²) in [7, 11) is -2.01. The van der Waals surface area contributed by atoms with E-state index in [4.69, 9.17) is 27.9 Å². The van der Waals surface area contributed by atoms with Crippen molar-refractivity contribution in [2.45, 2.75) is 18.6 Å². The minimum absolute atomic E-state index is 0.0325. The minimum Gasteiger partial charge on any atom is -0.497 e. The summed E-state index contributed by atoms with van der Waals surface area (Å²) >= 11 is 12.4. The Morgan fingerprint density at radius 2 is 1.65 bits per heavy atom. The van der Waals surface area contributed by atoms with Gasteiger partial charge in [-0.1, -0.05) is 29.3 Å². The van der Waals surface area contributed by atoms with Crippen molar-refractivity contribution in [3.63, 3.8) is 0 Å². The number of hydrogen-bond acceptors (Lipinski definition) is 5. The lowest BCUT2D eigenvalue weighted by molar-refractivity contribution is -0.137. The maximum Gasteiger partial charge on any atom is 0.227 e. The molecule has 2 aliphatic rings. The first-order valence-electron chi connectivity index (χ1n) is 11.4. The zero-order chi connectivity index (χ0) is 24.3. The third kappa shape index (κ3) is 5.62. The molecule has 0 unspecified atom stereocenters. The highest BCUT2D eigenvalue weighted by Gasteiger charge is 2.35. The van der Waals surface area contributed by atoms with Crippen LogP contribution < -0.4 is 9.64 Å². The number of carbonyl (C=O) groups excluding carboxylic acids is 1. The molecule has 2 aromatic rings. The number of piperidine rings is 1. The number of sulfonamides is 1. The van der Waals surface area contributed by atoms with Crippen LogP contribution in [0.5, 0.6) is 5.75 Å². The Hall–Kier alpha value is -2.00. The summed E-state index contributed by atoms with van der Waals surface area (Å²) in [6, 6.07) is 12.8. The predicted molar refractivity (Wildman–Crippen MR) is 135 cm³/mol. The number of amides is 1. The lowest BCUT2D eigenvalue weighted by Crippen LogP contribution is -2.53. The van der Waals surface area contributed by atoms with Crippen molar-refractivity contribution in [1.29, 1.82) is 0 Å². The summed E-state index contributed by atoms with van der Waals surface area (Å²) in [5.41, 5.74) is 1.50. The number of anilines is 1. The number of rotatable bonds is 6. The topological polar surface area (TPSA) is 70.2 Å². The monoisotopic (exact) mass is 525 g/mol. The van der Waals surface area contributed by atoms with E-state index >= 15 is 0 Å². The van der Waals surface area contributed by atoms with Crippen molar-refractivity contribution in [3.8, 4) is 5.75 Å². The molecule has 10 heteroatoms. The van der Waals surface area contributed by atoms with Gasteiger partial charge in [0.2, 0.25) is 15.9 Å². The van der Waals surface area contributed by atoms with E-state index in [0.717, 1.165) is 24.5 Å². The fourth-order valence-electron chi connectivity index (χ4n) is 4.58. The molecule has 0 spiro atoms. The maximum atomic E-state index is 13.2. The highest BCUT2D eigenvalue weighted by atomic mass is 35.5. The van der Waals surface area contributed by atoms with E-state index in [-0.39, 0.29) is 24.1 Å². The van der Waals surface area contributed by atoms with Crippen LogP contribution in [0.3, 0.4) is 0 Å². The Morgan fingerprint density at radius 1 is 1.00 bits per heavy atom. The van der Waals surface area contributed by atoms with Gasteiger partial charge < -0.3 is 14.5 Å². The number of ether oxygens (including phenoxy) is 1. The molecule has 1 atom stereocenters. The van der Waals surface area contributed by atoms with Crippen molar-refractivity contribution in [1.82, 2.24) is 9.21 Å². The molecule has 1 amide bonds. The molecular formula is C24H29Cl2N3O4S. The molecule has 2 heterocycles. The molecular weight excluding hydrogens is 497 g/mol. The van der Waals surface area contributed by atoms with E-state index in [0.29, 0.717) is 48.1 Å². The van der Waals surface area contributed by atoms with Crippen LogP contribution in [0.15, 0.2) is 42.5 Å². The summed E-state index contributed by atoms with van der Waals surface area (Å²) in [5.74, 6) is 0.237. The van der Waals surface area contributed by atoms with Crippen LogP contribution in [-0.4, -0.2) is 69.9 Å². The van der Waals surface area contributed by atoms with Gasteiger partial charge in [0.1, 0.15) is 5.75 Å². The number of halogens is 2. The lowest BCUT2D eigenvalue weighted by atomic mass is 9.97. The molecule has 4 rings (SSSR count). The zero-order valence-electron chi connectivity index (χ0n) is 19.1. The van der Waals surface area contributed by atoms with Crippen molar-refractivity contribution in [2.75, 3.05) is 51.3 Å². The van der Waals surface area contributed by atoms with E-state index < -0.39 is 10.0 Å². The van der Waals surface area contributed by atoms with Crippen LogP contribution in [0.25, 0.3) is 0 Å². The van der Waals surface area contributed by atoms with Crippen LogP contribution in [0.2, 0.25) is 10.0 Å². The second-order valence-corrected chi connectivity index (χ2v) is 11.4. The van der Waals surface area contributed by atoms with Gasteiger partial charge in [0.05, 0.1) is 18.8 Å². The molecule has 0 N–H and O–H groups in total. The number of hydrogen-bond donors (Lipinski definition) is 0. The van der Waals surface area contributed by atoms with E-state index in [1.54, 1.807) is 25.3 Å². The first-order valence-corrected chi connectivity index (χ1v) is 13.7. The zero-order valence-corrected chi connectivity index (χ0v) is 21.4. The Kier molecular flexibility index (Phi) is 7.92. The number of nitrogens with zero attached hydrogens (tertiary/aromatic N) is 3. The van der Waals surface area contributed by atoms with E-state index in [9.17, 15) is 13.2 Å². The molecule has 2 fully saturated rings. The van der Waals surface area contributed by atoms with Crippen LogP contribution >= 0.6 is 23.2 Å². The quantitative estimate of drug-likeness (QED) is 0.572. The largest absolute Gasteiger partial charge is 0.497 e. The van der Waals surface area contributed by atoms with Gasteiger partial charge in [0.25, 0.3) is 0 Å². The number of methoxy groups -OCH3 is 1. The Morgan fingerprint density at radius 3 is 2.26 bits per heavy atom. The maximum absolute atomic E-state index is 13.2. The third-order valence-electron chi connectivity index (χ3n) is 6.54. The second kappa shape index (κ2) is 10.7. The van der Waals surface area contributed by atoms with Gasteiger partial charge in [0.15, 0.2) is 0 Å². The summed E-state index contributed by atoms with van der Waals surface area (Å²) < 4.78 is 32.9. The van der Waals surface area contributed by atoms with Crippen LogP contribution in [0.4, 0.5) is 5.69 Å². The van der Waals surface area contributed by atoms with Crippen LogP contribution in [-0.2, 0) is 20.6 Å². The predicted octanol–water partition coefficient (Wildman–Crippen LogP) is 3.89. The number of piperazine rings is 1. The molecule has 184 valence electrons. The average Bonchev–Trinajstić information content (AvgIpc) is 2.86. The van der Waals surface area contributed by atoms with Crippen molar-refractivity contribution in [2.24, 2.45) is 5.92 Å². The molecule has 0 aliphatic carbocycles. The van der Waals surface area contributed by atoms with Gasteiger partial charge in [-0.25, -0.2) is 12.7 Å². The Balaban J connectivity index is 1.36. The molecule has 2 aromatic carbocycles. The van der Waals surface area contributed by atoms with Crippen molar-refractivity contribution >= 4 is 44.8 Å². The standard InChI is InChI=1S/C24H29Cl2N3O4S/c1-33-20-9-7-19(8-10-20)27-12-14-28(15-13-27)24(30)18-4-3-11-29(16-18)34(31,32)17-21-22(25)5-2-6-23(21)26/h2,5-10,18H,3-4,11-17H2,1H3/t18-/m1/s1. The molecule has 2 saturated heterocycles. The van der Waals surface area contributed by atoms with Gasteiger partial charge in [0, 0.05) is 60.6 Å². The smallest absolute Gasteiger partial charge is 0.227 e. The highest BCUT2D eigenvalue weighted by molar-refractivity contribution is 7.88. The van der Waals surface area contributed by atoms with Crippen LogP contribution in [0.1, 0.15) is 18.4 Å².